The summed E-state index contributed by atoms with van der Waals surface area (Å²) >= 11 is 3.51. The van der Waals surface area contributed by atoms with E-state index in [-0.39, 0.29) is 5.91 Å². The first kappa shape index (κ1) is 18.1. The predicted molar refractivity (Wildman–Crippen MR) is 115 cm³/mol. The van der Waals surface area contributed by atoms with E-state index in [0.29, 0.717) is 0 Å². The van der Waals surface area contributed by atoms with Crippen molar-refractivity contribution in [3.63, 3.8) is 0 Å². The van der Waals surface area contributed by atoms with Gasteiger partial charge in [0, 0.05) is 47.4 Å². The van der Waals surface area contributed by atoms with Gasteiger partial charge in [-0.25, -0.2) is 0 Å². The number of thiophene rings is 1. The van der Waals surface area contributed by atoms with E-state index in [1.54, 1.807) is 23.1 Å². The van der Waals surface area contributed by atoms with Gasteiger partial charge in [-0.3, -0.25) is 4.79 Å². The Morgan fingerprint density at radius 1 is 0.889 bits per heavy atom. The van der Waals surface area contributed by atoms with E-state index in [4.69, 9.17) is 0 Å². The second-order valence-corrected chi connectivity index (χ2v) is 8.53. The third-order valence-corrected chi connectivity index (χ3v) is 6.94. The van der Waals surface area contributed by atoms with Crippen molar-refractivity contribution in [2.75, 3.05) is 31.1 Å². The zero-order valence-electron chi connectivity index (χ0n) is 15.1. The Morgan fingerprint density at radius 3 is 2.37 bits per heavy atom. The normalized spacial score (nSPS) is 14.4. The number of anilines is 1. The molecule has 0 atom stereocenters. The second-order valence-electron chi connectivity index (χ2n) is 6.48. The van der Waals surface area contributed by atoms with Gasteiger partial charge in [-0.05, 0) is 35.7 Å². The lowest BCUT2D eigenvalue weighted by Gasteiger charge is -2.36. The zero-order valence-corrected chi connectivity index (χ0v) is 16.7. The molecule has 27 heavy (non-hydrogen) atoms. The Morgan fingerprint density at radius 2 is 1.63 bits per heavy atom. The van der Waals surface area contributed by atoms with Crippen LogP contribution in [-0.2, 0) is 5.75 Å². The van der Waals surface area contributed by atoms with E-state index >= 15 is 0 Å². The van der Waals surface area contributed by atoms with E-state index in [0.717, 1.165) is 42.4 Å². The average molecular weight is 395 g/mol. The van der Waals surface area contributed by atoms with Crippen LogP contribution in [0, 0.1) is 0 Å². The van der Waals surface area contributed by atoms with Crippen LogP contribution >= 0.6 is 23.1 Å². The second kappa shape index (κ2) is 8.63. The number of carbonyl (C=O) groups is 1. The fourth-order valence-corrected chi connectivity index (χ4v) is 5.11. The number of thioether (sulfide) groups is 1. The maximum absolute atomic E-state index is 13.1. The highest BCUT2D eigenvalue weighted by Crippen LogP contribution is 2.29. The standard InChI is InChI=1S/C22H22N2OS2/c25-22(24-14-12-23(13-15-24)18-7-2-1-3-8-18)20-10-4-5-11-21(20)27-17-19-9-6-16-26-19/h1-11,16H,12-15,17H2. The van der Waals surface area contributed by atoms with Gasteiger partial charge in [0.2, 0.25) is 0 Å². The Bertz CT molecular complexity index is 872. The molecule has 1 aliphatic rings. The van der Waals surface area contributed by atoms with Crippen LogP contribution in [0.1, 0.15) is 15.2 Å². The minimum absolute atomic E-state index is 0.150. The molecule has 1 aliphatic heterocycles. The predicted octanol–water partition coefficient (Wildman–Crippen LogP) is 5.00. The van der Waals surface area contributed by atoms with Gasteiger partial charge in [0.25, 0.3) is 5.91 Å². The van der Waals surface area contributed by atoms with Crippen molar-refractivity contribution in [2.24, 2.45) is 0 Å². The van der Waals surface area contributed by atoms with Crippen LogP contribution < -0.4 is 4.90 Å². The molecule has 0 aliphatic carbocycles. The van der Waals surface area contributed by atoms with Crippen molar-refractivity contribution in [1.82, 2.24) is 4.90 Å². The summed E-state index contributed by atoms with van der Waals surface area (Å²) in [6.07, 6.45) is 0. The van der Waals surface area contributed by atoms with Gasteiger partial charge >= 0.3 is 0 Å². The van der Waals surface area contributed by atoms with Crippen LogP contribution in [0.15, 0.2) is 77.0 Å². The lowest BCUT2D eigenvalue weighted by atomic mass is 10.1. The Kier molecular flexibility index (Phi) is 5.80. The summed E-state index contributed by atoms with van der Waals surface area (Å²) in [7, 11) is 0. The van der Waals surface area contributed by atoms with E-state index in [1.165, 1.54) is 10.6 Å². The molecule has 3 aromatic rings. The van der Waals surface area contributed by atoms with E-state index in [2.05, 4.69) is 52.7 Å². The van der Waals surface area contributed by atoms with Gasteiger partial charge < -0.3 is 9.80 Å². The van der Waals surface area contributed by atoms with E-state index < -0.39 is 0 Å². The Hall–Kier alpha value is -2.24. The van der Waals surface area contributed by atoms with Gasteiger partial charge in [0.05, 0.1) is 5.56 Å². The SMILES string of the molecule is O=C(c1ccccc1SCc1cccs1)N1CCN(c2ccccc2)CC1. The number of hydrogen-bond donors (Lipinski definition) is 0. The number of rotatable bonds is 5. The molecule has 4 rings (SSSR count). The minimum Gasteiger partial charge on any atom is -0.368 e. The van der Waals surface area contributed by atoms with Crippen LogP contribution in [0.5, 0.6) is 0 Å². The van der Waals surface area contributed by atoms with Gasteiger partial charge in [-0.15, -0.1) is 23.1 Å². The van der Waals surface area contributed by atoms with Crippen LogP contribution in [0.4, 0.5) is 5.69 Å². The highest BCUT2D eigenvalue weighted by Gasteiger charge is 2.23. The molecule has 0 N–H and O–H groups in total. The molecule has 138 valence electrons. The van der Waals surface area contributed by atoms with Crippen LogP contribution in [0.2, 0.25) is 0 Å². The number of benzene rings is 2. The van der Waals surface area contributed by atoms with Crippen molar-refractivity contribution in [2.45, 2.75) is 10.6 Å². The summed E-state index contributed by atoms with van der Waals surface area (Å²) < 4.78 is 0. The molecule has 1 aromatic heterocycles. The number of piperazine rings is 1. The summed E-state index contributed by atoms with van der Waals surface area (Å²) in [5, 5.41) is 2.10. The molecule has 3 nitrogen and oxygen atoms in total. The summed E-state index contributed by atoms with van der Waals surface area (Å²) in [5.41, 5.74) is 2.06. The third-order valence-electron chi connectivity index (χ3n) is 4.76. The van der Waals surface area contributed by atoms with Gasteiger partial charge in [-0.2, -0.15) is 0 Å². The third kappa shape index (κ3) is 4.37. The number of hydrogen-bond acceptors (Lipinski definition) is 4. The lowest BCUT2D eigenvalue weighted by Crippen LogP contribution is -2.48. The summed E-state index contributed by atoms with van der Waals surface area (Å²) in [4.78, 5) is 19.9. The molecule has 5 heteroatoms. The van der Waals surface area contributed by atoms with Crippen LogP contribution in [0.3, 0.4) is 0 Å². The van der Waals surface area contributed by atoms with Crippen LogP contribution in [0.25, 0.3) is 0 Å². The monoisotopic (exact) mass is 394 g/mol. The first-order valence-electron chi connectivity index (χ1n) is 9.15. The van der Waals surface area contributed by atoms with Gasteiger partial charge in [0.1, 0.15) is 0 Å². The van der Waals surface area contributed by atoms with E-state index in [9.17, 15) is 4.79 Å². The number of nitrogens with zero attached hydrogens (tertiary/aromatic N) is 2. The lowest BCUT2D eigenvalue weighted by molar-refractivity contribution is 0.0743. The van der Waals surface area contributed by atoms with Crippen LogP contribution in [-0.4, -0.2) is 37.0 Å². The summed E-state index contributed by atoms with van der Waals surface area (Å²) in [6.45, 7) is 3.27. The average Bonchev–Trinajstić information content (AvgIpc) is 3.26. The first-order valence-corrected chi connectivity index (χ1v) is 11.0. The molecular weight excluding hydrogens is 372 g/mol. The smallest absolute Gasteiger partial charge is 0.255 e. The van der Waals surface area contributed by atoms with Crippen molar-refractivity contribution in [3.05, 3.63) is 82.6 Å². The highest BCUT2D eigenvalue weighted by atomic mass is 32.2. The number of amides is 1. The first-order chi connectivity index (χ1) is 13.3. The Labute approximate surface area is 168 Å². The fourth-order valence-electron chi connectivity index (χ4n) is 3.29. The molecule has 1 fully saturated rings. The summed E-state index contributed by atoms with van der Waals surface area (Å²) in [6, 6.07) is 22.6. The molecule has 0 bridgehead atoms. The molecule has 0 spiro atoms. The highest BCUT2D eigenvalue weighted by molar-refractivity contribution is 7.98. The molecule has 1 amide bonds. The largest absolute Gasteiger partial charge is 0.368 e. The number of para-hydroxylation sites is 1. The molecule has 1 saturated heterocycles. The maximum atomic E-state index is 13.1. The molecular formula is C22H22N2OS2. The fraction of sp³-hybridized carbons (Fsp3) is 0.227. The number of carbonyl (C=O) groups excluding carboxylic acids is 1. The molecule has 0 radical (unpaired) electrons. The molecule has 2 heterocycles. The molecule has 2 aromatic carbocycles. The molecule has 0 saturated carbocycles. The Balaban J connectivity index is 1.41. The van der Waals surface area contributed by atoms with Crippen molar-refractivity contribution >= 4 is 34.7 Å². The zero-order chi connectivity index (χ0) is 18.5. The van der Waals surface area contributed by atoms with Crippen molar-refractivity contribution < 1.29 is 4.79 Å². The van der Waals surface area contributed by atoms with Gasteiger partial charge in [-0.1, -0.05) is 36.4 Å². The minimum atomic E-state index is 0.150. The van der Waals surface area contributed by atoms with Crippen molar-refractivity contribution in [1.29, 1.82) is 0 Å². The quantitative estimate of drug-likeness (QED) is 0.569. The molecule has 0 unspecified atom stereocenters. The van der Waals surface area contributed by atoms with Gasteiger partial charge in [0.15, 0.2) is 0 Å². The van der Waals surface area contributed by atoms with Crippen molar-refractivity contribution in [3.8, 4) is 0 Å². The van der Waals surface area contributed by atoms with E-state index in [1.807, 2.05) is 29.2 Å². The summed E-state index contributed by atoms with van der Waals surface area (Å²) in [5.74, 6) is 1.06. The maximum Gasteiger partial charge on any atom is 0.255 e. The topological polar surface area (TPSA) is 23.6 Å².